The number of halogens is 2. The molecule has 1 heterocycles. The average Bonchev–Trinajstić information content (AvgIpc) is 3.10. The number of carboxylic acid groups (broad SMARTS) is 1. The Balaban J connectivity index is 1.66. The number of hydrogen-bond acceptors (Lipinski definition) is 2. The zero-order chi connectivity index (χ0) is 21.1. The van der Waals surface area contributed by atoms with Gasteiger partial charge >= 0.3 is 5.97 Å². The number of aliphatic carboxylic acids is 1. The lowest BCUT2D eigenvalue weighted by Gasteiger charge is -2.14. The minimum absolute atomic E-state index is 0.353. The second-order valence-corrected chi connectivity index (χ2v) is 7.93. The fourth-order valence-electron chi connectivity index (χ4n) is 3.62. The van der Waals surface area contributed by atoms with Gasteiger partial charge in [-0.2, -0.15) is 0 Å². The molecule has 6 heteroatoms. The first-order chi connectivity index (χ1) is 14.5. The first-order valence-electron chi connectivity index (χ1n) is 9.55. The van der Waals surface area contributed by atoms with Gasteiger partial charge in [0.25, 0.3) is 0 Å². The molecular formula is C24H20Cl2N2O2. The van der Waals surface area contributed by atoms with Crippen molar-refractivity contribution < 1.29 is 9.90 Å². The van der Waals surface area contributed by atoms with Crippen molar-refractivity contribution in [2.24, 2.45) is 0 Å². The molecule has 0 fully saturated rings. The average molecular weight is 439 g/mol. The first-order valence-corrected chi connectivity index (χ1v) is 10.3. The van der Waals surface area contributed by atoms with Gasteiger partial charge in [-0.3, -0.25) is 10.1 Å². The summed E-state index contributed by atoms with van der Waals surface area (Å²) >= 11 is 12.1. The van der Waals surface area contributed by atoms with E-state index < -0.39 is 12.0 Å². The summed E-state index contributed by atoms with van der Waals surface area (Å²) < 4.78 is 2.09. The number of rotatable bonds is 7. The van der Waals surface area contributed by atoms with Crippen molar-refractivity contribution in [2.75, 3.05) is 0 Å². The third kappa shape index (κ3) is 4.36. The Labute approximate surface area is 184 Å². The summed E-state index contributed by atoms with van der Waals surface area (Å²) in [6.45, 7) is 1.02. The molecule has 1 aromatic heterocycles. The molecule has 30 heavy (non-hydrogen) atoms. The Morgan fingerprint density at radius 1 is 0.933 bits per heavy atom. The molecule has 152 valence electrons. The van der Waals surface area contributed by atoms with Crippen molar-refractivity contribution in [3.63, 3.8) is 0 Å². The fourth-order valence-corrected chi connectivity index (χ4v) is 3.94. The van der Waals surface area contributed by atoms with E-state index in [1.54, 1.807) is 12.1 Å². The van der Waals surface area contributed by atoms with Crippen LogP contribution in [0.25, 0.3) is 10.9 Å². The van der Waals surface area contributed by atoms with Gasteiger partial charge in [0.1, 0.15) is 6.04 Å². The molecule has 4 rings (SSSR count). The molecule has 0 amide bonds. The lowest BCUT2D eigenvalue weighted by atomic mass is 10.1. The molecule has 0 radical (unpaired) electrons. The second kappa shape index (κ2) is 8.92. The molecule has 0 aliphatic carbocycles. The summed E-state index contributed by atoms with van der Waals surface area (Å²) in [7, 11) is 0. The van der Waals surface area contributed by atoms with E-state index in [1.165, 1.54) is 0 Å². The van der Waals surface area contributed by atoms with Crippen LogP contribution in [0.1, 0.15) is 22.7 Å². The molecule has 0 bridgehead atoms. The number of nitrogens with one attached hydrogen (secondary N) is 1. The predicted molar refractivity (Wildman–Crippen MR) is 121 cm³/mol. The van der Waals surface area contributed by atoms with Crippen LogP contribution in [0.4, 0.5) is 0 Å². The van der Waals surface area contributed by atoms with Crippen molar-refractivity contribution >= 4 is 40.1 Å². The van der Waals surface area contributed by atoms with Crippen LogP contribution in [0.2, 0.25) is 10.0 Å². The highest BCUT2D eigenvalue weighted by atomic mass is 35.5. The molecule has 0 saturated carbocycles. The number of carbonyl (C=O) groups is 1. The van der Waals surface area contributed by atoms with E-state index in [1.807, 2.05) is 54.7 Å². The quantitative estimate of drug-likeness (QED) is 0.376. The predicted octanol–water partition coefficient (Wildman–Crippen LogP) is 5.91. The maximum Gasteiger partial charge on any atom is 0.325 e. The monoisotopic (exact) mass is 438 g/mol. The maximum atomic E-state index is 12.1. The van der Waals surface area contributed by atoms with Gasteiger partial charge in [-0.1, -0.05) is 77.8 Å². The van der Waals surface area contributed by atoms with Crippen LogP contribution in [0.15, 0.2) is 79.0 Å². The summed E-state index contributed by atoms with van der Waals surface area (Å²) in [6.07, 6.45) is 1.93. The van der Waals surface area contributed by atoms with Crippen LogP contribution in [0.3, 0.4) is 0 Å². The van der Waals surface area contributed by atoms with Crippen LogP contribution in [-0.4, -0.2) is 15.6 Å². The molecule has 2 N–H and O–H groups in total. The third-order valence-corrected chi connectivity index (χ3v) is 5.81. The summed E-state index contributed by atoms with van der Waals surface area (Å²) in [5.74, 6) is -0.933. The summed E-state index contributed by atoms with van der Waals surface area (Å²) in [6, 6.07) is 22.4. The minimum atomic E-state index is -0.933. The number of carboxylic acids is 1. The second-order valence-electron chi connectivity index (χ2n) is 7.12. The highest BCUT2D eigenvalue weighted by Crippen LogP contribution is 2.29. The van der Waals surface area contributed by atoms with E-state index in [-0.39, 0.29) is 0 Å². The highest BCUT2D eigenvalue weighted by molar-refractivity contribution is 6.42. The van der Waals surface area contributed by atoms with Crippen LogP contribution >= 0.6 is 23.2 Å². The van der Waals surface area contributed by atoms with E-state index in [4.69, 9.17) is 23.2 Å². The number of nitrogens with zero attached hydrogens (tertiary/aromatic N) is 1. The van der Waals surface area contributed by atoms with Gasteiger partial charge in [0.2, 0.25) is 0 Å². The minimum Gasteiger partial charge on any atom is -0.480 e. The number of benzene rings is 3. The zero-order valence-electron chi connectivity index (χ0n) is 16.1. The normalized spacial score (nSPS) is 12.2. The molecule has 0 aliphatic rings. The van der Waals surface area contributed by atoms with Crippen LogP contribution in [0.5, 0.6) is 0 Å². The summed E-state index contributed by atoms with van der Waals surface area (Å²) in [5.41, 5.74) is 3.75. The van der Waals surface area contributed by atoms with E-state index in [0.717, 1.165) is 27.6 Å². The standard InChI is InChI=1S/C24H20Cl2N2O2/c25-20-11-10-17(12-21(20)26)13-27-23(24(29)30)19-15-28(14-16-6-2-1-3-7-16)22-9-5-4-8-18(19)22/h1-12,15,23,27H,13-14H2,(H,29,30). The van der Waals surface area contributed by atoms with E-state index in [0.29, 0.717) is 23.1 Å². The van der Waals surface area contributed by atoms with E-state index in [9.17, 15) is 9.90 Å². The molecule has 1 atom stereocenters. The van der Waals surface area contributed by atoms with Crippen LogP contribution in [-0.2, 0) is 17.9 Å². The van der Waals surface area contributed by atoms with Gasteiger partial charge in [0.05, 0.1) is 10.0 Å². The van der Waals surface area contributed by atoms with Crippen molar-refractivity contribution in [1.82, 2.24) is 9.88 Å². The van der Waals surface area contributed by atoms with Gasteiger partial charge in [0, 0.05) is 35.8 Å². The molecule has 4 nitrogen and oxygen atoms in total. The molecular weight excluding hydrogens is 419 g/mol. The summed E-state index contributed by atoms with van der Waals surface area (Å²) in [4.78, 5) is 12.1. The van der Waals surface area contributed by atoms with Gasteiger partial charge < -0.3 is 9.67 Å². The van der Waals surface area contributed by atoms with E-state index in [2.05, 4.69) is 22.0 Å². The molecule has 1 unspecified atom stereocenters. The SMILES string of the molecule is O=C(O)C(NCc1ccc(Cl)c(Cl)c1)c1cn(Cc2ccccc2)c2ccccc12. The number of aromatic nitrogens is 1. The van der Waals surface area contributed by atoms with Crippen molar-refractivity contribution in [2.45, 2.75) is 19.1 Å². The lowest BCUT2D eigenvalue weighted by Crippen LogP contribution is -2.28. The molecule has 3 aromatic carbocycles. The zero-order valence-corrected chi connectivity index (χ0v) is 17.6. The highest BCUT2D eigenvalue weighted by Gasteiger charge is 2.24. The Bertz CT molecular complexity index is 1190. The Morgan fingerprint density at radius 2 is 1.67 bits per heavy atom. The molecule has 4 aromatic rings. The smallest absolute Gasteiger partial charge is 0.325 e. The molecule has 0 spiro atoms. The number of fused-ring (bicyclic) bond motifs is 1. The molecule has 0 saturated heterocycles. The van der Waals surface area contributed by atoms with E-state index >= 15 is 0 Å². The first kappa shape index (κ1) is 20.5. The van der Waals surface area contributed by atoms with Gasteiger partial charge in [-0.25, -0.2) is 0 Å². The van der Waals surface area contributed by atoms with Crippen LogP contribution < -0.4 is 5.32 Å². The van der Waals surface area contributed by atoms with Gasteiger partial charge in [-0.15, -0.1) is 0 Å². The van der Waals surface area contributed by atoms with Gasteiger partial charge in [0.15, 0.2) is 0 Å². The van der Waals surface area contributed by atoms with Crippen molar-refractivity contribution in [3.8, 4) is 0 Å². The Kier molecular flexibility index (Phi) is 6.09. The maximum absolute atomic E-state index is 12.1. The largest absolute Gasteiger partial charge is 0.480 e. The van der Waals surface area contributed by atoms with Gasteiger partial charge in [-0.05, 0) is 29.3 Å². The number of para-hydroxylation sites is 1. The summed E-state index contributed by atoms with van der Waals surface area (Å²) in [5, 5.41) is 14.9. The Morgan fingerprint density at radius 3 is 2.40 bits per heavy atom. The Hall–Kier alpha value is -2.79. The third-order valence-electron chi connectivity index (χ3n) is 5.07. The van der Waals surface area contributed by atoms with Crippen molar-refractivity contribution in [1.29, 1.82) is 0 Å². The molecule has 0 aliphatic heterocycles. The van der Waals surface area contributed by atoms with Crippen molar-refractivity contribution in [3.05, 3.63) is 106 Å². The lowest BCUT2D eigenvalue weighted by molar-refractivity contribution is -0.139. The fraction of sp³-hybridized carbons (Fsp3) is 0.125. The number of hydrogen-bond donors (Lipinski definition) is 2. The topological polar surface area (TPSA) is 54.3 Å². The van der Waals surface area contributed by atoms with Crippen LogP contribution in [0, 0.1) is 0 Å².